The fourth-order valence-corrected chi connectivity index (χ4v) is 1.97. The highest BCUT2D eigenvalue weighted by Gasteiger charge is 2.13. The molecule has 0 aliphatic carbocycles. The van der Waals surface area contributed by atoms with Gasteiger partial charge in [-0.15, -0.1) is 0 Å². The summed E-state index contributed by atoms with van der Waals surface area (Å²) < 4.78 is 15.0. The number of aromatic nitrogens is 2. The minimum Gasteiger partial charge on any atom is -0.274 e. The maximum Gasteiger partial charge on any atom is 0.293 e. The number of rotatable bonds is 3. The molecule has 0 atom stereocenters. The molecule has 1 heterocycles. The van der Waals surface area contributed by atoms with Crippen molar-refractivity contribution < 1.29 is 9.18 Å². The molecule has 0 saturated carbocycles. The smallest absolute Gasteiger partial charge is 0.274 e. The molecule has 0 fully saturated rings. The summed E-state index contributed by atoms with van der Waals surface area (Å²) in [4.78, 5) is 11.7. The summed E-state index contributed by atoms with van der Waals surface area (Å²) >= 11 is 3.22. The lowest BCUT2D eigenvalue weighted by Gasteiger charge is -1.96. The molecule has 0 saturated heterocycles. The fraction of sp³-hybridized carbons (Fsp3) is 0.0833. The van der Waals surface area contributed by atoms with Crippen LogP contribution in [0.1, 0.15) is 16.1 Å². The molecule has 7 heteroatoms. The molecule has 0 aliphatic heterocycles. The predicted molar refractivity (Wildman–Crippen MR) is 72.4 cm³/mol. The first-order valence-electron chi connectivity index (χ1n) is 5.34. The van der Waals surface area contributed by atoms with Crippen LogP contribution in [-0.4, -0.2) is 21.9 Å². The maximum atomic E-state index is 12.9. The number of carbonyl (C=O) groups is 1. The molecule has 1 N–H and O–H groups in total. The molecule has 0 unspecified atom stereocenters. The van der Waals surface area contributed by atoms with Crippen LogP contribution in [0, 0.1) is 5.82 Å². The van der Waals surface area contributed by atoms with Gasteiger partial charge in [0.25, 0.3) is 5.91 Å². The van der Waals surface area contributed by atoms with E-state index < -0.39 is 5.91 Å². The zero-order valence-electron chi connectivity index (χ0n) is 9.97. The average Bonchev–Trinajstić information content (AvgIpc) is 2.68. The van der Waals surface area contributed by atoms with Gasteiger partial charge in [-0.25, -0.2) is 9.82 Å². The van der Waals surface area contributed by atoms with Gasteiger partial charge in [-0.05, 0) is 33.6 Å². The van der Waals surface area contributed by atoms with Crippen molar-refractivity contribution in [1.82, 2.24) is 15.2 Å². The van der Waals surface area contributed by atoms with Crippen LogP contribution in [0.5, 0.6) is 0 Å². The van der Waals surface area contributed by atoms with Gasteiger partial charge in [-0.2, -0.15) is 10.2 Å². The van der Waals surface area contributed by atoms with E-state index in [-0.39, 0.29) is 11.5 Å². The third kappa shape index (κ3) is 3.47. The van der Waals surface area contributed by atoms with Crippen molar-refractivity contribution >= 4 is 28.1 Å². The van der Waals surface area contributed by atoms with E-state index in [1.54, 1.807) is 25.4 Å². The maximum absolute atomic E-state index is 12.9. The van der Waals surface area contributed by atoms with Crippen LogP contribution in [0.15, 0.2) is 40.0 Å². The van der Waals surface area contributed by atoms with Gasteiger partial charge in [0.05, 0.1) is 10.7 Å². The zero-order valence-corrected chi connectivity index (χ0v) is 11.6. The SMILES string of the molecule is Cn1cc(Br)c(C(=O)N/N=C\c2cccc(F)c2)n1. The molecule has 0 radical (unpaired) electrons. The van der Waals surface area contributed by atoms with Gasteiger partial charge in [-0.3, -0.25) is 9.48 Å². The van der Waals surface area contributed by atoms with Gasteiger partial charge in [0, 0.05) is 13.2 Å². The van der Waals surface area contributed by atoms with Gasteiger partial charge in [0.1, 0.15) is 5.82 Å². The standard InChI is InChI=1S/C12H10BrFN4O/c1-18-7-10(13)11(17-18)12(19)16-15-6-8-3-2-4-9(14)5-8/h2-7H,1H3,(H,16,19)/b15-6-. The first-order valence-corrected chi connectivity index (χ1v) is 6.13. The Morgan fingerprint density at radius 1 is 1.58 bits per heavy atom. The summed E-state index contributed by atoms with van der Waals surface area (Å²) in [5, 5.41) is 7.72. The van der Waals surface area contributed by atoms with Crippen molar-refractivity contribution in [1.29, 1.82) is 0 Å². The summed E-state index contributed by atoms with van der Waals surface area (Å²) in [6, 6.07) is 5.89. The topological polar surface area (TPSA) is 59.3 Å². The third-order valence-electron chi connectivity index (χ3n) is 2.23. The van der Waals surface area contributed by atoms with E-state index in [2.05, 4.69) is 31.6 Å². The quantitative estimate of drug-likeness (QED) is 0.694. The van der Waals surface area contributed by atoms with E-state index >= 15 is 0 Å². The monoisotopic (exact) mass is 324 g/mol. The Morgan fingerprint density at radius 3 is 3.00 bits per heavy atom. The number of aryl methyl sites for hydroxylation is 1. The van der Waals surface area contributed by atoms with Crippen molar-refractivity contribution in [2.75, 3.05) is 0 Å². The summed E-state index contributed by atoms with van der Waals surface area (Å²) in [6.07, 6.45) is 3.02. The number of amides is 1. The Kier molecular flexibility index (Phi) is 4.06. The normalized spacial score (nSPS) is 10.9. The lowest BCUT2D eigenvalue weighted by atomic mass is 10.2. The molecule has 19 heavy (non-hydrogen) atoms. The highest BCUT2D eigenvalue weighted by atomic mass is 79.9. The number of nitrogens with one attached hydrogen (secondary N) is 1. The number of nitrogens with zero attached hydrogens (tertiary/aromatic N) is 3. The van der Waals surface area contributed by atoms with Crippen LogP contribution < -0.4 is 5.43 Å². The first-order chi connectivity index (χ1) is 9.06. The third-order valence-corrected chi connectivity index (χ3v) is 2.81. The number of benzene rings is 1. The van der Waals surface area contributed by atoms with E-state index in [0.717, 1.165) is 0 Å². The van der Waals surface area contributed by atoms with Crippen molar-refractivity contribution in [3.63, 3.8) is 0 Å². The van der Waals surface area contributed by atoms with Crippen molar-refractivity contribution in [3.05, 3.63) is 52.0 Å². The average molecular weight is 325 g/mol. The van der Waals surface area contributed by atoms with E-state index in [0.29, 0.717) is 10.0 Å². The van der Waals surface area contributed by atoms with Gasteiger partial charge >= 0.3 is 0 Å². The van der Waals surface area contributed by atoms with E-state index in [1.807, 2.05) is 0 Å². The van der Waals surface area contributed by atoms with E-state index in [1.165, 1.54) is 23.0 Å². The van der Waals surface area contributed by atoms with E-state index in [4.69, 9.17) is 0 Å². The summed E-state index contributed by atoms with van der Waals surface area (Å²) in [6.45, 7) is 0. The number of hydrazone groups is 1. The minimum absolute atomic E-state index is 0.235. The van der Waals surface area contributed by atoms with Crippen LogP contribution in [0.25, 0.3) is 0 Å². The molecule has 2 rings (SSSR count). The second-order valence-corrected chi connectivity index (χ2v) is 4.61. The number of hydrogen-bond acceptors (Lipinski definition) is 3. The number of halogens is 2. The molecule has 5 nitrogen and oxygen atoms in total. The largest absolute Gasteiger partial charge is 0.293 e. The molecule has 98 valence electrons. The second-order valence-electron chi connectivity index (χ2n) is 3.75. The van der Waals surface area contributed by atoms with Crippen LogP contribution in [-0.2, 0) is 7.05 Å². The van der Waals surface area contributed by atoms with Crippen LogP contribution in [0.3, 0.4) is 0 Å². The summed E-state index contributed by atoms with van der Waals surface area (Å²) in [5.41, 5.74) is 3.11. The molecule has 1 aromatic heterocycles. The highest BCUT2D eigenvalue weighted by molar-refractivity contribution is 9.10. The van der Waals surface area contributed by atoms with Crippen LogP contribution >= 0.6 is 15.9 Å². The van der Waals surface area contributed by atoms with Crippen LogP contribution in [0.2, 0.25) is 0 Å². The molecule has 2 aromatic rings. The summed E-state index contributed by atoms with van der Waals surface area (Å²) in [5.74, 6) is -0.803. The van der Waals surface area contributed by atoms with Crippen LogP contribution in [0.4, 0.5) is 4.39 Å². The first kappa shape index (κ1) is 13.4. The lowest BCUT2D eigenvalue weighted by Crippen LogP contribution is -2.18. The van der Waals surface area contributed by atoms with Crippen molar-refractivity contribution in [2.24, 2.45) is 12.1 Å². The molecular weight excluding hydrogens is 315 g/mol. The predicted octanol–water partition coefficient (Wildman–Crippen LogP) is 2.09. The molecule has 0 aliphatic rings. The van der Waals surface area contributed by atoms with Gasteiger partial charge in [0.2, 0.25) is 0 Å². The summed E-state index contributed by atoms with van der Waals surface area (Å²) in [7, 11) is 1.71. The van der Waals surface area contributed by atoms with Crippen molar-refractivity contribution in [3.8, 4) is 0 Å². The van der Waals surface area contributed by atoms with Gasteiger partial charge < -0.3 is 0 Å². The van der Waals surface area contributed by atoms with Crippen molar-refractivity contribution in [2.45, 2.75) is 0 Å². The number of carbonyl (C=O) groups excluding carboxylic acids is 1. The number of hydrogen-bond donors (Lipinski definition) is 1. The molecule has 0 bridgehead atoms. The van der Waals surface area contributed by atoms with Gasteiger partial charge in [0.15, 0.2) is 5.69 Å². The Bertz CT molecular complexity index is 638. The molecule has 0 spiro atoms. The lowest BCUT2D eigenvalue weighted by molar-refractivity contribution is 0.0948. The highest BCUT2D eigenvalue weighted by Crippen LogP contribution is 2.13. The molecular formula is C12H10BrFN4O. The van der Waals surface area contributed by atoms with Gasteiger partial charge in [-0.1, -0.05) is 12.1 Å². The fourth-order valence-electron chi connectivity index (χ4n) is 1.42. The Balaban J connectivity index is 2.03. The second kappa shape index (κ2) is 5.75. The molecule has 1 amide bonds. The Morgan fingerprint density at radius 2 is 2.37 bits per heavy atom. The molecule has 1 aromatic carbocycles. The Labute approximate surface area is 117 Å². The van der Waals surface area contributed by atoms with E-state index in [9.17, 15) is 9.18 Å². The minimum atomic E-state index is -0.444. The Hall–Kier alpha value is -2.02. The zero-order chi connectivity index (χ0) is 13.8.